The largest absolute Gasteiger partial charge is 0.422 e. The van der Waals surface area contributed by atoms with Crippen LogP contribution in [0.15, 0.2) is 88.3 Å². The molecule has 0 aliphatic rings. The molecule has 0 bridgehead atoms. The molecule has 6 heteroatoms. The molecule has 0 unspecified atom stereocenters. The van der Waals surface area contributed by atoms with E-state index in [1.54, 1.807) is 36.7 Å². The van der Waals surface area contributed by atoms with Crippen LogP contribution in [0.2, 0.25) is 0 Å². The molecule has 0 fully saturated rings. The number of rotatable bonds is 6. The SMILES string of the molecule is Cc1ccccc1.O=c1oc2cc(N(CCO)CCO)ccc2cc1-c1ccncc1. The maximum Gasteiger partial charge on any atom is 0.344 e. The number of nitrogens with zero attached hydrogens (tertiary/aromatic N) is 2. The molecular formula is C25H26N2O4. The summed E-state index contributed by atoms with van der Waals surface area (Å²) < 4.78 is 5.47. The zero-order chi connectivity index (χ0) is 22.1. The number of hydrogen-bond acceptors (Lipinski definition) is 6. The second kappa shape index (κ2) is 11.1. The number of pyridine rings is 1. The van der Waals surface area contributed by atoms with Gasteiger partial charge in [0.05, 0.1) is 18.8 Å². The molecule has 2 N–H and O–H groups in total. The first kappa shape index (κ1) is 22.2. The maximum absolute atomic E-state index is 12.3. The standard InChI is InChI=1S/C18H18N2O4.C7H8/c21-9-7-20(8-10-22)15-2-1-14-11-16(13-3-5-19-6-4-13)18(23)24-17(14)12-15;1-7-5-3-2-4-6-7/h1-6,11-12,21-22H,7-10H2;2-6H,1H3. The smallest absolute Gasteiger partial charge is 0.344 e. The van der Waals surface area contributed by atoms with Gasteiger partial charge < -0.3 is 19.5 Å². The Morgan fingerprint density at radius 2 is 1.58 bits per heavy atom. The van der Waals surface area contributed by atoms with Crippen molar-refractivity contribution in [1.82, 2.24) is 4.98 Å². The molecule has 160 valence electrons. The third kappa shape index (κ3) is 6.01. The Morgan fingerprint density at radius 3 is 2.16 bits per heavy atom. The Kier molecular flexibility index (Phi) is 7.92. The van der Waals surface area contributed by atoms with E-state index in [4.69, 9.17) is 14.6 Å². The van der Waals surface area contributed by atoms with Crippen LogP contribution in [0.4, 0.5) is 5.69 Å². The molecule has 4 aromatic rings. The van der Waals surface area contributed by atoms with Gasteiger partial charge in [0.15, 0.2) is 0 Å². The van der Waals surface area contributed by atoms with Gasteiger partial charge in [-0.05, 0) is 42.8 Å². The summed E-state index contributed by atoms with van der Waals surface area (Å²) in [7, 11) is 0. The molecule has 2 aromatic carbocycles. The number of anilines is 1. The molecule has 0 saturated carbocycles. The van der Waals surface area contributed by atoms with Crippen molar-refractivity contribution in [3.8, 4) is 11.1 Å². The first-order chi connectivity index (χ1) is 15.1. The van der Waals surface area contributed by atoms with E-state index in [2.05, 4.69) is 24.0 Å². The predicted octanol–water partition coefficient (Wildman–Crippen LogP) is 3.64. The Hall–Kier alpha value is -3.48. The van der Waals surface area contributed by atoms with Crippen molar-refractivity contribution >= 4 is 16.7 Å². The second-order valence-corrected chi connectivity index (χ2v) is 6.99. The molecule has 4 rings (SSSR count). The summed E-state index contributed by atoms with van der Waals surface area (Å²) in [4.78, 5) is 18.1. The van der Waals surface area contributed by atoms with Crippen LogP contribution < -0.4 is 10.5 Å². The topological polar surface area (TPSA) is 86.8 Å². The highest BCUT2D eigenvalue weighted by molar-refractivity contribution is 5.84. The number of aliphatic hydroxyl groups is 2. The summed E-state index contributed by atoms with van der Waals surface area (Å²) in [5, 5.41) is 19.1. The molecule has 0 amide bonds. The predicted molar refractivity (Wildman–Crippen MR) is 123 cm³/mol. The van der Waals surface area contributed by atoms with Crippen molar-refractivity contribution in [2.75, 3.05) is 31.2 Å². The lowest BCUT2D eigenvalue weighted by Crippen LogP contribution is -2.29. The maximum atomic E-state index is 12.3. The summed E-state index contributed by atoms with van der Waals surface area (Å²) in [5.74, 6) is 0. The first-order valence-corrected chi connectivity index (χ1v) is 10.1. The number of aryl methyl sites for hydroxylation is 1. The third-order valence-electron chi connectivity index (χ3n) is 4.76. The van der Waals surface area contributed by atoms with E-state index in [1.165, 1.54) is 5.56 Å². The van der Waals surface area contributed by atoms with Crippen LogP contribution in [-0.2, 0) is 0 Å². The Balaban J connectivity index is 0.000000330. The third-order valence-corrected chi connectivity index (χ3v) is 4.76. The van der Waals surface area contributed by atoms with Crippen molar-refractivity contribution in [2.45, 2.75) is 6.92 Å². The van der Waals surface area contributed by atoms with E-state index in [-0.39, 0.29) is 13.2 Å². The molecule has 0 radical (unpaired) electrons. The number of benzene rings is 2. The lowest BCUT2D eigenvalue weighted by molar-refractivity contribution is 0.281. The molecule has 2 heterocycles. The van der Waals surface area contributed by atoms with Gasteiger partial charge in [0.2, 0.25) is 0 Å². The molecule has 0 spiro atoms. The fraction of sp³-hybridized carbons (Fsp3) is 0.200. The Bertz CT molecular complexity index is 1140. The summed E-state index contributed by atoms with van der Waals surface area (Å²) in [6, 6.07) is 21.1. The van der Waals surface area contributed by atoms with Gasteiger partial charge in [0, 0.05) is 42.6 Å². The molecule has 31 heavy (non-hydrogen) atoms. The van der Waals surface area contributed by atoms with E-state index in [0.29, 0.717) is 24.2 Å². The average Bonchev–Trinajstić information content (AvgIpc) is 2.80. The van der Waals surface area contributed by atoms with Crippen molar-refractivity contribution in [2.24, 2.45) is 0 Å². The molecule has 0 aliphatic carbocycles. The van der Waals surface area contributed by atoms with Crippen molar-refractivity contribution < 1.29 is 14.6 Å². The van der Waals surface area contributed by atoms with Gasteiger partial charge in [-0.2, -0.15) is 0 Å². The first-order valence-electron chi connectivity index (χ1n) is 10.1. The molecule has 0 aliphatic heterocycles. The Morgan fingerprint density at radius 1 is 0.903 bits per heavy atom. The van der Waals surface area contributed by atoms with Gasteiger partial charge in [-0.25, -0.2) is 4.79 Å². The van der Waals surface area contributed by atoms with Crippen LogP contribution in [0.25, 0.3) is 22.1 Å². The van der Waals surface area contributed by atoms with E-state index >= 15 is 0 Å². The quantitative estimate of drug-likeness (QED) is 0.465. The summed E-state index contributed by atoms with van der Waals surface area (Å²) in [6.07, 6.45) is 3.26. The summed E-state index contributed by atoms with van der Waals surface area (Å²) >= 11 is 0. The van der Waals surface area contributed by atoms with Crippen LogP contribution in [0.3, 0.4) is 0 Å². The molecule has 2 aromatic heterocycles. The average molecular weight is 418 g/mol. The van der Waals surface area contributed by atoms with Crippen LogP contribution in [0.1, 0.15) is 5.56 Å². The van der Waals surface area contributed by atoms with Crippen LogP contribution >= 0.6 is 0 Å². The van der Waals surface area contributed by atoms with Gasteiger partial charge in [0.25, 0.3) is 0 Å². The minimum Gasteiger partial charge on any atom is -0.422 e. The van der Waals surface area contributed by atoms with Crippen molar-refractivity contribution in [1.29, 1.82) is 0 Å². The lowest BCUT2D eigenvalue weighted by atomic mass is 10.1. The summed E-state index contributed by atoms with van der Waals surface area (Å²) in [5.41, 5.74) is 3.40. The number of fused-ring (bicyclic) bond motifs is 1. The zero-order valence-corrected chi connectivity index (χ0v) is 17.4. The fourth-order valence-electron chi connectivity index (χ4n) is 3.18. The highest BCUT2D eigenvalue weighted by Crippen LogP contribution is 2.24. The van der Waals surface area contributed by atoms with E-state index < -0.39 is 5.63 Å². The normalized spacial score (nSPS) is 10.4. The fourth-order valence-corrected chi connectivity index (χ4v) is 3.18. The van der Waals surface area contributed by atoms with E-state index in [9.17, 15) is 4.79 Å². The number of hydrogen-bond donors (Lipinski definition) is 2. The van der Waals surface area contributed by atoms with Gasteiger partial charge in [-0.1, -0.05) is 35.9 Å². The van der Waals surface area contributed by atoms with Crippen LogP contribution in [0, 0.1) is 6.92 Å². The molecule has 0 saturated heterocycles. The molecule has 6 nitrogen and oxygen atoms in total. The van der Waals surface area contributed by atoms with Gasteiger partial charge >= 0.3 is 5.63 Å². The Labute approximate surface area is 181 Å². The number of aromatic nitrogens is 1. The van der Waals surface area contributed by atoms with Crippen LogP contribution in [0.5, 0.6) is 0 Å². The van der Waals surface area contributed by atoms with Crippen molar-refractivity contribution in [3.63, 3.8) is 0 Å². The van der Waals surface area contributed by atoms with Crippen LogP contribution in [-0.4, -0.2) is 41.5 Å². The highest BCUT2D eigenvalue weighted by Gasteiger charge is 2.11. The number of aliphatic hydroxyl groups excluding tert-OH is 2. The zero-order valence-electron chi connectivity index (χ0n) is 17.4. The summed E-state index contributed by atoms with van der Waals surface area (Å²) in [6.45, 7) is 2.82. The van der Waals surface area contributed by atoms with Gasteiger partial charge in [0.1, 0.15) is 5.58 Å². The highest BCUT2D eigenvalue weighted by atomic mass is 16.4. The molecule has 0 atom stereocenters. The lowest BCUT2D eigenvalue weighted by Gasteiger charge is -2.23. The van der Waals surface area contributed by atoms with Gasteiger partial charge in [-0.3, -0.25) is 4.98 Å². The van der Waals surface area contributed by atoms with E-state index in [1.807, 2.05) is 35.2 Å². The van der Waals surface area contributed by atoms with Crippen molar-refractivity contribution in [3.05, 3.63) is 95.1 Å². The molecular weight excluding hydrogens is 392 g/mol. The van der Waals surface area contributed by atoms with Gasteiger partial charge in [-0.15, -0.1) is 0 Å². The minimum absolute atomic E-state index is 0.0248. The minimum atomic E-state index is -0.415. The van der Waals surface area contributed by atoms with E-state index in [0.717, 1.165) is 16.6 Å². The monoisotopic (exact) mass is 418 g/mol. The second-order valence-electron chi connectivity index (χ2n) is 6.99.